The van der Waals surface area contributed by atoms with Crippen LogP contribution < -0.4 is 0 Å². The molecular formula is C10H13NO. The number of hydrogen-bond acceptors (Lipinski definition) is 2. The van der Waals surface area contributed by atoms with Gasteiger partial charge < -0.3 is 5.11 Å². The number of benzene rings is 1. The lowest BCUT2D eigenvalue weighted by Gasteiger charge is -2.01. The minimum atomic E-state index is 0.298. The van der Waals surface area contributed by atoms with E-state index in [0.29, 0.717) is 12.6 Å². The molecule has 1 aromatic carbocycles. The molecule has 64 valence electrons. The van der Waals surface area contributed by atoms with Gasteiger partial charge >= 0.3 is 0 Å². The van der Waals surface area contributed by atoms with Crippen LogP contribution >= 0.6 is 0 Å². The lowest BCUT2D eigenvalue weighted by molar-refractivity contribution is 0.272. The normalized spacial score (nSPS) is 27.1. The monoisotopic (exact) mass is 163 g/mol. The summed E-state index contributed by atoms with van der Waals surface area (Å²) in [6.07, 6.45) is 0. The van der Waals surface area contributed by atoms with Crippen LogP contribution in [0.15, 0.2) is 30.3 Å². The quantitative estimate of drug-likeness (QED) is 0.668. The zero-order valence-electron chi connectivity index (χ0n) is 6.98. The van der Waals surface area contributed by atoms with Crippen molar-refractivity contribution < 1.29 is 5.11 Å². The average molecular weight is 163 g/mol. The standard InChI is InChI=1S/C10H13NO/c12-8-10-7-11(10)6-9-4-2-1-3-5-9/h1-5,10,12H,6-8H2. The third-order valence-electron chi connectivity index (χ3n) is 2.27. The Labute approximate surface area is 72.4 Å². The van der Waals surface area contributed by atoms with E-state index in [-0.39, 0.29) is 0 Å². The molecule has 0 spiro atoms. The molecule has 0 bridgehead atoms. The maximum Gasteiger partial charge on any atom is 0.0599 e. The van der Waals surface area contributed by atoms with Crippen molar-refractivity contribution in [3.8, 4) is 0 Å². The highest BCUT2D eigenvalue weighted by atomic mass is 16.3. The van der Waals surface area contributed by atoms with Crippen molar-refractivity contribution in [3.63, 3.8) is 0 Å². The maximum absolute atomic E-state index is 8.81. The zero-order valence-corrected chi connectivity index (χ0v) is 6.98. The molecule has 0 aromatic heterocycles. The number of rotatable bonds is 3. The molecule has 0 radical (unpaired) electrons. The molecule has 0 aliphatic carbocycles. The SMILES string of the molecule is OCC1CN1Cc1ccccc1. The van der Waals surface area contributed by atoms with Crippen LogP contribution in [0.25, 0.3) is 0 Å². The van der Waals surface area contributed by atoms with Crippen LogP contribution in [0.5, 0.6) is 0 Å². The topological polar surface area (TPSA) is 23.2 Å². The highest BCUT2D eigenvalue weighted by Crippen LogP contribution is 2.19. The number of nitrogens with zero attached hydrogens (tertiary/aromatic N) is 1. The number of hydrogen-bond donors (Lipinski definition) is 1. The van der Waals surface area contributed by atoms with E-state index >= 15 is 0 Å². The van der Waals surface area contributed by atoms with E-state index in [1.165, 1.54) is 5.56 Å². The molecule has 1 N–H and O–H groups in total. The Balaban J connectivity index is 1.89. The minimum Gasteiger partial charge on any atom is -0.395 e. The predicted molar refractivity (Wildman–Crippen MR) is 47.7 cm³/mol. The lowest BCUT2D eigenvalue weighted by atomic mass is 10.2. The van der Waals surface area contributed by atoms with Crippen molar-refractivity contribution in [2.75, 3.05) is 13.2 Å². The zero-order chi connectivity index (χ0) is 8.39. The van der Waals surface area contributed by atoms with Gasteiger partial charge in [0.1, 0.15) is 0 Å². The molecule has 12 heavy (non-hydrogen) atoms. The Morgan fingerprint density at radius 2 is 2.08 bits per heavy atom. The van der Waals surface area contributed by atoms with Crippen LogP contribution in [0.3, 0.4) is 0 Å². The molecule has 1 aromatic rings. The summed E-state index contributed by atoms with van der Waals surface area (Å²) in [5.74, 6) is 0. The van der Waals surface area contributed by atoms with Gasteiger partial charge in [-0.2, -0.15) is 0 Å². The van der Waals surface area contributed by atoms with Gasteiger partial charge in [0.05, 0.1) is 6.61 Å². The first-order valence-electron chi connectivity index (χ1n) is 4.29. The van der Waals surface area contributed by atoms with Crippen LogP contribution in [0, 0.1) is 0 Å². The summed E-state index contributed by atoms with van der Waals surface area (Å²) >= 11 is 0. The van der Waals surface area contributed by atoms with E-state index in [1.807, 2.05) is 18.2 Å². The van der Waals surface area contributed by atoms with Gasteiger partial charge in [-0.05, 0) is 5.56 Å². The summed E-state index contributed by atoms with van der Waals surface area (Å²) in [6.45, 7) is 2.32. The van der Waals surface area contributed by atoms with Gasteiger partial charge in [-0.1, -0.05) is 30.3 Å². The molecule has 1 aliphatic rings. The molecule has 1 aliphatic heterocycles. The molecule has 1 heterocycles. The van der Waals surface area contributed by atoms with Gasteiger partial charge in [-0.3, -0.25) is 4.90 Å². The van der Waals surface area contributed by atoms with Gasteiger partial charge in [0.25, 0.3) is 0 Å². The minimum absolute atomic E-state index is 0.298. The van der Waals surface area contributed by atoms with Gasteiger partial charge in [-0.25, -0.2) is 0 Å². The van der Waals surface area contributed by atoms with Crippen LogP contribution in [0.4, 0.5) is 0 Å². The Kier molecular flexibility index (Phi) is 2.11. The van der Waals surface area contributed by atoms with E-state index in [1.54, 1.807) is 0 Å². The lowest BCUT2D eigenvalue weighted by Crippen LogP contribution is -2.04. The summed E-state index contributed by atoms with van der Waals surface area (Å²) in [5.41, 5.74) is 1.33. The molecule has 2 nitrogen and oxygen atoms in total. The third-order valence-corrected chi connectivity index (χ3v) is 2.27. The Bertz CT molecular complexity index is 247. The van der Waals surface area contributed by atoms with E-state index in [2.05, 4.69) is 17.0 Å². The predicted octanol–water partition coefficient (Wildman–Crippen LogP) is 0.863. The second-order valence-corrected chi connectivity index (χ2v) is 3.25. The molecule has 2 unspecified atom stereocenters. The molecule has 2 atom stereocenters. The summed E-state index contributed by atoms with van der Waals surface area (Å²) in [7, 11) is 0. The van der Waals surface area contributed by atoms with Crippen molar-refractivity contribution in [3.05, 3.63) is 35.9 Å². The fraction of sp³-hybridized carbons (Fsp3) is 0.400. The first-order valence-corrected chi connectivity index (χ1v) is 4.29. The number of aliphatic hydroxyl groups is 1. The van der Waals surface area contributed by atoms with Crippen molar-refractivity contribution in [2.45, 2.75) is 12.6 Å². The van der Waals surface area contributed by atoms with Crippen LogP contribution in [0.2, 0.25) is 0 Å². The van der Waals surface area contributed by atoms with E-state index in [9.17, 15) is 0 Å². The summed E-state index contributed by atoms with van der Waals surface area (Å²) in [5, 5.41) is 8.81. The largest absolute Gasteiger partial charge is 0.395 e. The smallest absolute Gasteiger partial charge is 0.0599 e. The van der Waals surface area contributed by atoms with Crippen molar-refractivity contribution in [1.82, 2.24) is 4.90 Å². The first kappa shape index (κ1) is 7.77. The Morgan fingerprint density at radius 1 is 1.33 bits per heavy atom. The van der Waals surface area contributed by atoms with Crippen molar-refractivity contribution in [2.24, 2.45) is 0 Å². The maximum atomic E-state index is 8.81. The second kappa shape index (κ2) is 3.25. The molecular weight excluding hydrogens is 150 g/mol. The first-order chi connectivity index (χ1) is 5.90. The average Bonchev–Trinajstić information content (AvgIpc) is 2.85. The fourth-order valence-electron chi connectivity index (χ4n) is 1.41. The molecule has 1 saturated heterocycles. The molecule has 2 heteroatoms. The van der Waals surface area contributed by atoms with Gasteiger partial charge in [0.2, 0.25) is 0 Å². The summed E-state index contributed by atoms with van der Waals surface area (Å²) in [6, 6.07) is 10.8. The van der Waals surface area contributed by atoms with Crippen LogP contribution in [-0.2, 0) is 6.54 Å². The molecule has 2 rings (SSSR count). The summed E-state index contributed by atoms with van der Waals surface area (Å²) in [4.78, 5) is 2.26. The van der Waals surface area contributed by atoms with E-state index in [4.69, 9.17) is 5.11 Å². The summed E-state index contributed by atoms with van der Waals surface area (Å²) < 4.78 is 0. The Hall–Kier alpha value is -0.860. The van der Waals surface area contributed by atoms with Gasteiger partial charge in [0.15, 0.2) is 0 Å². The highest BCUT2D eigenvalue weighted by Gasteiger charge is 2.32. The van der Waals surface area contributed by atoms with Gasteiger partial charge in [0, 0.05) is 19.1 Å². The molecule has 0 saturated carbocycles. The van der Waals surface area contributed by atoms with Gasteiger partial charge in [-0.15, -0.1) is 0 Å². The van der Waals surface area contributed by atoms with Crippen LogP contribution in [0.1, 0.15) is 5.56 Å². The molecule has 1 fully saturated rings. The van der Waals surface area contributed by atoms with Crippen molar-refractivity contribution >= 4 is 0 Å². The molecule has 0 amide bonds. The van der Waals surface area contributed by atoms with E-state index < -0.39 is 0 Å². The Morgan fingerprint density at radius 3 is 2.67 bits per heavy atom. The van der Waals surface area contributed by atoms with Crippen molar-refractivity contribution in [1.29, 1.82) is 0 Å². The second-order valence-electron chi connectivity index (χ2n) is 3.25. The van der Waals surface area contributed by atoms with E-state index in [0.717, 1.165) is 13.1 Å². The third kappa shape index (κ3) is 1.65. The van der Waals surface area contributed by atoms with Crippen LogP contribution in [-0.4, -0.2) is 29.2 Å². The number of aliphatic hydroxyl groups excluding tert-OH is 1. The highest BCUT2D eigenvalue weighted by molar-refractivity contribution is 5.15. The fourth-order valence-corrected chi connectivity index (χ4v) is 1.41.